The molecule has 0 saturated carbocycles. The Morgan fingerprint density at radius 1 is 0.898 bits per heavy atom. The van der Waals surface area contributed by atoms with Crippen molar-refractivity contribution in [2.75, 3.05) is 11.9 Å². The van der Waals surface area contributed by atoms with Crippen LogP contribution in [0.3, 0.4) is 0 Å². The summed E-state index contributed by atoms with van der Waals surface area (Å²) in [5.41, 5.74) is 8.52. The molecule has 0 bridgehead atoms. The Kier molecular flexibility index (Phi) is 9.60. The quantitative estimate of drug-likeness (QED) is 0.161. The van der Waals surface area contributed by atoms with Crippen molar-refractivity contribution in [1.29, 1.82) is 0 Å². The number of hydrogen-bond acceptors (Lipinski definition) is 7. The Morgan fingerprint density at radius 3 is 2.41 bits per heavy atom. The molecule has 49 heavy (non-hydrogen) atoms. The van der Waals surface area contributed by atoms with Crippen molar-refractivity contribution >= 4 is 28.7 Å². The third-order valence-electron chi connectivity index (χ3n) is 8.21. The van der Waals surface area contributed by atoms with Crippen molar-refractivity contribution < 1.29 is 27.5 Å². The molecule has 0 radical (unpaired) electrons. The second-order valence-corrected chi connectivity index (χ2v) is 11.8. The number of fused-ring (bicyclic) bond motifs is 2. The molecule has 254 valence electrons. The monoisotopic (exact) mass is 674 g/mol. The number of carbonyl (C=O) groups excluding carboxylic acids is 2. The molecular formula is C34H33F3N8O4. The summed E-state index contributed by atoms with van der Waals surface area (Å²) in [4.78, 5) is 42.6. The highest BCUT2D eigenvalue weighted by Crippen LogP contribution is 2.28. The maximum atomic E-state index is 13.5. The Labute approximate surface area is 278 Å². The molecule has 0 unspecified atom stereocenters. The van der Waals surface area contributed by atoms with Crippen molar-refractivity contribution in [3.63, 3.8) is 0 Å². The number of aryl methyl sites for hydroxylation is 1. The van der Waals surface area contributed by atoms with Gasteiger partial charge in [-0.1, -0.05) is 24.6 Å². The van der Waals surface area contributed by atoms with E-state index in [-0.39, 0.29) is 23.9 Å². The molecule has 0 aliphatic carbocycles. The standard InChI is InChI=1S/C34H33F3N8O4/c35-34(36,37)21-45-31(46)28(23-7-10-30-25(15-23)18-40-44(30)13-3-1-2-4-14-49-32(38)47)16-29(42-45)22-5-8-27(9-6-22)41-33(48)43-19-24-11-12-39-17-26(24)20-43/h5-12,15-18H,1-4,13-14,19-21H2,(H2,38,47)(H,41,48). The lowest BCUT2D eigenvalue weighted by Crippen LogP contribution is -2.31. The Hall–Kier alpha value is -5.73. The molecule has 6 rings (SSSR count). The molecular weight excluding hydrogens is 641 g/mol. The molecule has 5 aromatic rings. The first-order chi connectivity index (χ1) is 23.5. The van der Waals surface area contributed by atoms with Crippen LogP contribution in [0, 0.1) is 0 Å². The molecule has 3 amide bonds. The number of benzene rings is 2. The normalized spacial score (nSPS) is 12.7. The average Bonchev–Trinajstić information content (AvgIpc) is 3.69. The number of hydrogen-bond donors (Lipinski definition) is 2. The van der Waals surface area contributed by atoms with Gasteiger partial charge in [-0.2, -0.15) is 23.4 Å². The minimum absolute atomic E-state index is 0.0579. The second kappa shape index (κ2) is 14.2. The predicted octanol–water partition coefficient (Wildman–Crippen LogP) is 6.09. The van der Waals surface area contributed by atoms with Crippen molar-refractivity contribution in [3.8, 4) is 22.4 Å². The number of rotatable bonds is 11. The fourth-order valence-corrected chi connectivity index (χ4v) is 5.78. The molecule has 3 aromatic heterocycles. The van der Waals surface area contributed by atoms with Crippen LogP contribution in [-0.4, -0.2) is 54.4 Å². The van der Waals surface area contributed by atoms with Crippen LogP contribution >= 0.6 is 0 Å². The number of aromatic nitrogens is 5. The van der Waals surface area contributed by atoms with Crippen LogP contribution in [0.15, 0.2) is 78.0 Å². The van der Waals surface area contributed by atoms with Gasteiger partial charge in [0.1, 0.15) is 6.54 Å². The topological polar surface area (TPSA) is 150 Å². The first-order valence-corrected chi connectivity index (χ1v) is 15.7. The number of nitrogens with two attached hydrogens (primary N) is 1. The molecule has 0 saturated heterocycles. The van der Waals surface area contributed by atoms with Crippen molar-refractivity contribution in [2.24, 2.45) is 5.73 Å². The van der Waals surface area contributed by atoms with Gasteiger partial charge in [0.2, 0.25) is 0 Å². The highest BCUT2D eigenvalue weighted by atomic mass is 19.4. The van der Waals surface area contributed by atoms with Gasteiger partial charge < -0.3 is 20.7 Å². The van der Waals surface area contributed by atoms with Crippen LogP contribution in [0.25, 0.3) is 33.3 Å². The molecule has 1 aliphatic heterocycles. The molecule has 2 aromatic carbocycles. The Morgan fingerprint density at radius 2 is 1.65 bits per heavy atom. The van der Waals surface area contributed by atoms with E-state index in [0.717, 1.165) is 41.3 Å². The van der Waals surface area contributed by atoms with Gasteiger partial charge in [0.15, 0.2) is 0 Å². The number of pyridine rings is 1. The van der Waals surface area contributed by atoms with Gasteiger partial charge in [0, 0.05) is 48.7 Å². The number of nitrogens with one attached hydrogen (secondary N) is 1. The van der Waals surface area contributed by atoms with Gasteiger partial charge in [-0.15, -0.1) is 0 Å². The Balaban J connectivity index is 1.19. The number of ether oxygens (including phenoxy) is 1. The summed E-state index contributed by atoms with van der Waals surface area (Å²) < 4.78 is 47.6. The minimum atomic E-state index is -4.67. The van der Waals surface area contributed by atoms with Crippen molar-refractivity contribution in [1.82, 2.24) is 29.4 Å². The van der Waals surface area contributed by atoms with E-state index < -0.39 is 24.4 Å². The number of unbranched alkanes of at least 4 members (excludes halogenated alkanes) is 3. The second-order valence-electron chi connectivity index (χ2n) is 11.8. The van der Waals surface area contributed by atoms with Gasteiger partial charge >= 0.3 is 18.3 Å². The van der Waals surface area contributed by atoms with Gasteiger partial charge in [-0.3, -0.25) is 14.5 Å². The highest BCUT2D eigenvalue weighted by Gasteiger charge is 2.30. The lowest BCUT2D eigenvalue weighted by Gasteiger charge is -2.17. The zero-order valence-electron chi connectivity index (χ0n) is 26.3. The zero-order chi connectivity index (χ0) is 34.5. The van der Waals surface area contributed by atoms with E-state index in [1.54, 1.807) is 66.0 Å². The van der Waals surface area contributed by atoms with Gasteiger partial charge in [-0.05, 0) is 72.4 Å². The Bertz CT molecular complexity index is 2020. The number of primary amides is 1. The smallest absolute Gasteiger partial charge is 0.408 e. The van der Waals surface area contributed by atoms with Crippen LogP contribution in [0.5, 0.6) is 0 Å². The molecule has 3 N–H and O–H groups in total. The van der Waals surface area contributed by atoms with E-state index >= 15 is 0 Å². The highest BCUT2D eigenvalue weighted by molar-refractivity contribution is 5.90. The van der Waals surface area contributed by atoms with E-state index in [0.29, 0.717) is 47.6 Å². The average molecular weight is 675 g/mol. The van der Waals surface area contributed by atoms with Crippen LogP contribution < -0.4 is 16.6 Å². The molecule has 15 heteroatoms. The first-order valence-electron chi connectivity index (χ1n) is 15.7. The number of alkyl halides is 3. The van der Waals surface area contributed by atoms with E-state index in [1.165, 1.54) is 6.07 Å². The molecule has 0 atom stereocenters. The third kappa shape index (κ3) is 8.05. The van der Waals surface area contributed by atoms with E-state index in [1.807, 2.05) is 10.7 Å². The molecule has 0 fully saturated rings. The number of amides is 3. The number of urea groups is 1. The van der Waals surface area contributed by atoms with Gasteiger partial charge in [0.25, 0.3) is 5.56 Å². The maximum Gasteiger partial charge on any atom is 0.408 e. The third-order valence-corrected chi connectivity index (χ3v) is 8.21. The van der Waals surface area contributed by atoms with Crippen molar-refractivity contribution in [3.05, 3.63) is 94.7 Å². The van der Waals surface area contributed by atoms with E-state index in [4.69, 9.17) is 10.5 Å². The SMILES string of the molecule is NC(=O)OCCCCCCn1ncc2cc(-c3cc(-c4ccc(NC(=O)N5Cc6ccncc6C5)cc4)nn(CC(F)(F)F)c3=O)ccc21. The van der Waals surface area contributed by atoms with Gasteiger partial charge in [0.05, 0.1) is 29.6 Å². The summed E-state index contributed by atoms with van der Waals surface area (Å²) in [6, 6.07) is 14.8. The number of carbonyl (C=O) groups is 2. The van der Waals surface area contributed by atoms with Crippen LogP contribution in [0.4, 0.5) is 28.4 Å². The van der Waals surface area contributed by atoms with E-state index in [2.05, 4.69) is 20.5 Å². The fraction of sp³-hybridized carbons (Fsp3) is 0.294. The zero-order valence-corrected chi connectivity index (χ0v) is 26.3. The summed E-state index contributed by atoms with van der Waals surface area (Å²) in [5.74, 6) is 0. The maximum absolute atomic E-state index is 13.5. The van der Waals surface area contributed by atoms with Crippen LogP contribution in [-0.2, 0) is 30.9 Å². The lowest BCUT2D eigenvalue weighted by atomic mass is 10.0. The molecule has 1 aliphatic rings. The summed E-state index contributed by atoms with van der Waals surface area (Å²) >= 11 is 0. The fourth-order valence-electron chi connectivity index (χ4n) is 5.78. The summed E-state index contributed by atoms with van der Waals surface area (Å²) in [7, 11) is 0. The van der Waals surface area contributed by atoms with Crippen molar-refractivity contribution in [2.45, 2.75) is 58.0 Å². The van der Waals surface area contributed by atoms with Crippen LogP contribution in [0.1, 0.15) is 36.8 Å². The minimum Gasteiger partial charge on any atom is -0.450 e. The first kappa shape index (κ1) is 33.2. The molecule has 12 nitrogen and oxygen atoms in total. The molecule has 4 heterocycles. The predicted molar refractivity (Wildman–Crippen MR) is 175 cm³/mol. The summed E-state index contributed by atoms with van der Waals surface area (Å²) in [6.45, 7) is 0.254. The number of halogens is 3. The molecule has 0 spiro atoms. The lowest BCUT2D eigenvalue weighted by molar-refractivity contribution is -0.143. The van der Waals surface area contributed by atoms with Gasteiger partial charge in [-0.25, -0.2) is 14.3 Å². The number of anilines is 1. The van der Waals surface area contributed by atoms with E-state index in [9.17, 15) is 27.6 Å². The summed E-state index contributed by atoms with van der Waals surface area (Å²) in [5, 5.41) is 12.1. The summed E-state index contributed by atoms with van der Waals surface area (Å²) in [6.07, 6.45) is 2.89. The number of nitrogens with zero attached hydrogens (tertiary/aromatic N) is 6. The van der Waals surface area contributed by atoms with Crippen LogP contribution in [0.2, 0.25) is 0 Å². The largest absolute Gasteiger partial charge is 0.450 e.